The second-order valence-corrected chi connectivity index (χ2v) is 3.73. The van der Waals surface area contributed by atoms with Gasteiger partial charge in [-0.1, -0.05) is 46.3 Å². The van der Waals surface area contributed by atoms with Gasteiger partial charge in [-0.2, -0.15) is 0 Å². The molecule has 0 aliphatic carbocycles. The average molecular weight is 226 g/mol. The van der Waals surface area contributed by atoms with Gasteiger partial charge in [0, 0.05) is 5.33 Å². The molecule has 0 heterocycles. The van der Waals surface area contributed by atoms with Gasteiger partial charge in [-0.05, 0) is 31.2 Å². The summed E-state index contributed by atoms with van der Waals surface area (Å²) in [6, 6.07) is 10.5. The lowest BCUT2D eigenvalue weighted by atomic mass is 9.97. The summed E-state index contributed by atoms with van der Waals surface area (Å²) < 4.78 is 0. The first-order valence-corrected chi connectivity index (χ1v) is 5.40. The fourth-order valence-corrected chi connectivity index (χ4v) is 1.54. The van der Waals surface area contributed by atoms with Crippen LogP contribution in [0.4, 0.5) is 0 Å². The van der Waals surface area contributed by atoms with Gasteiger partial charge in [0.1, 0.15) is 0 Å². The van der Waals surface area contributed by atoms with Crippen molar-refractivity contribution in [1.29, 1.82) is 0 Å². The average Bonchev–Trinajstić information content (AvgIpc) is 2.15. The first-order valence-electron chi connectivity index (χ1n) is 4.28. The maximum atomic E-state index is 4.12. The molecule has 0 N–H and O–H groups in total. The second-order valence-electron chi connectivity index (χ2n) is 2.94. The molecule has 12 heavy (non-hydrogen) atoms. The molecule has 0 fully saturated rings. The maximum absolute atomic E-state index is 4.12. The Bertz CT molecular complexity index is 206. The van der Waals surface area contributed by atoms with Crippen molar-refractivity contribution in [3.63, 3.8) is 0 Å². The fourth-order valence-electron chi connectivity index (χ4n) is 1.22. The highest BCUT2D eigenvalue weighted by molar-refractivity contribution is 9.09. The quantitative estimate of drug-likeness (QED) is 0.685. The number of hydrogen-bond donors (Lipinski definition) is 0. The molecular formula is C11H14Br. The van der Waals surface area contributed by atoms with Crippen molar-refractivity contribution < 1.29 is 0 Å². The Kier molecular flexibility index (Phi) is 4.37. The number of rotatable bonds is 4. The van der Waals surface area contributed by atoms with Crippen molar-refractivity contribution >= 4 is 15.9 Å². The van der Waals surface area contributed by atoms with Crippen LogP contribution in [-0.4, -0.2) is 5.33 Å². The van der Waals surface area contributed by atoms with Crippen LogP contribution in [0, 0.1) is 6.92 Å². The Labute approximate surface area is 83.1 Å². The molecule has 0 saturated carbocycles. The third-order valence-electron chi connectivity index (χ3n) is 1.96. The Morgan fingerprint density at radius 1 is 1.25 bits per heavy atom. The molecule has 1 radical (unpaired) electrons. The summed E-state index contributed by atoms with van der Waals surface area (Å²) in [7, 11) is 0. The zero-order valence-corrected chi connectivity index (χ0v) is 8.76. The Morgan fingerprint density at radius 3 is 2.50 bits per heavy atom. The maximum Gasteiger partial charge on any atom is 0.00315 e. The highest BCUT2D eigenvalue weighted by Gasteiger charge is 2.02. The van der Waals surface area contributed by atoms with E-state index in [9.17, 15) is 0 Å². The third kappa shape index (κ3) is 2.98. The van der Waals surface area contributed by atoms with E-state index in [1.165, 1.54) is 12.0 Å². The van der Waals surface area contributed by atoms with Crippen LogP contribution >= 0.6 is 15.9 Å². The SMILES string of the molecule is [CH2]C(CCCBr)c1ccccc1. The monoisotopic (exact) mass is 225 g/mol. The van der Waals surface area contributed by atoms with Gasteiger partial charge in [0.05, 0.1) is 0 Å². The minimum Gasteiger partial charge on any atom is -0.0928 e. The second kappa shape index (κ2) is 5.36. The van der Waals surface area contributed by atoms with Crippen LogP contribution in [-0.2, 0) is 0 Å². The Hall–Kier alpha value is -0.300. The minimum atomic E-state index is 0.448. The van der Waals surface area contributed by atoms with Crippen molar-refractivity contribution in [1.82, 2.24) is 0 Å². The van der Waals surface area contributed by atoms with Crippen LogP contribution in [0.15, 0.2) is 30.3 Å². The van der Waals surface area contributed by atoms with E-state index in [0.29, 0.717) is 5.92 Å². The molecule has 1 heteroatoms. The van der Waals surface area contributed by atoms with Gasteiger partial charge in [-0.3, -0.25) is 0 Å². The van der Waals surface area contributed by atoms with E-state index >= 15 is 0 Å². The van der Waals surface area contributed by atoms with Crippen molar-refractivity contribution in [3.8, 4) is 0 Å². The summed E-state index contributed by atoms with van der Waals surface area (Å²) >= 11 is 3.42. The van der Waals surface area contributed by atoms with Crippen molar-refractivity contribution in [2.75, 3.05) is 5.33 Å². The van der Waals surface area contributed by atoms with Gasteiger partial charge in [0.25, 0.3) is 0 Å². The molecule has 0 aliphatic heterocycles. The molecule has 65 valence electrons. The highest BCUT2D eigenvalue weighted by Crippen LogP contribution is 2.19. The predicted molar refractivity (Wildman–Crippen MR) is 57.6 cm³/mol. The van der Waals surface area contributed by atoms with Gasteiger partial charge in [-0.15, -0.1) is 0 Å². The summed E-state index contributed by atoms with van der Waals surface area (Å²) in [5, 5.41) is 1.08. The Morgan fingerprint density at radius 2 is 1.92 bits per heavy atom. The van der Waals surface area contributed by atoms with Crippen molar-refractivity contribution in [2.45, 2.75) is 18.8 Å². The molecule has 0 aromatic heterocycles. The molecule has 0 aliphatic rings. The smallest absolute Gasteiger partial charge is 0.00315 e. The summed E-state index contributed by atoms with van der Waals surface area (Å²) in [6.45, 7) is 4.12. The lowest BCUT2D eigenvalue weighted by Gasteiger charge is -2.09. The summed E-state index contributed by atoms with van der Waals surface area (Å²) in [6.07, 6.45) is 2.36. The van der Waals surface area contributed by atoms with E-state index in [1.807, 2.05) is 6.07 Å². The van der Waals surface area contributed by atoms with Crippen LogP contribution in [0.1, 0.15) is 24.3 Å². The van der Waals surface area contributed by atoms with Gasteiger partial charge < -0.3 is 0 Å². The first kappa shape index (κ1) is 9.79. The summed E-state index contributed by atoms with van der Waals surface area (Å²) in [5.74, 6) is 0.448. The first-order chi connectivity index (χ1) is 5.84. The molecule has 0 amide bonds. The molecule has 1 aromatic carbocycles. The summed E-state index contributed by atoms with van der Waals surface area (Å²) in [5.41, 5.74) is 1.35. The van der Waals surface area contributed by atoms with E-state index < -0.39 is 0 Å². The lowest BCUT2D eigenvalue weighted by Crippen LogP contribution is -1.93. The van der Waals surface area contributed by atoms with Gasteiger partial charge >= 0.3 is 0 Å². The zero-order chi connectivity index (χ0) is 8.81. The van der Waals surface area contributed by atoms with Crippen LogP contribution in [0.25, 0.3) is 0 Å². The third-order valence-corrected chi connectivity index (χ3v) is 2.52. The molecule has 1 unspecified atom stereocenters. The van der Waals surface area contributed by atoms with Crippen LogP contribution in [0.3, 0.4) is 0 Å². The standard InChI is InChI=1S/C11H14Br/c1-10(6-5-9-12)11-7-3-2-4-8-11/h2-4,7-8,10H,1,5-6,9H2. The molecule has 0 bridgehead atoms. The van der Waals surface area contributed by atoms with Crippen molar-refractivity contribution in [3.05, 3.63) is 42.8 Å². The van der Waals surface area contributed by atoms with Gasteiger partial charge in [0.2, 0.25) is 0 Å². The molecule has 0 nitrogen and oxygen atoms in total. The largest absolute Gasteiger partial charge is 0.0928 e. The van der Waals surface area contributed by atoms with Crippen LogP contribution < -0.4 is 0 Å². The molecule has 1 atom stereocenters. The van der Waals surface area contributed by atoms with E-state index in [4.69, 9.17) is 0 Å². The van der Waals surface area contributed by atoms with Gasteiger partial charge in [0.15, 0.2) is 0 Å². The summed E-state index contributed by atoms with van der Waals surface area (Å²) in [4.78, 5) is 0. The van der Waals surface area contributed by atoms with Crippen LogP contribution in [0.5, 0.6) is 0 Å². The van der Waals surface area contributed by atoms with Crippen molar-refractivity contribution in [2.24, 2.45) is 0 Å². The number of alkyl halides is 1. The van der Waals surface area contributed by atoms with E-state index in [2.05, 4.69) is 47.1 Å². The van der Waals surface area contributed by atoms with Crippen LogP contribution in [0.2, 0.25) is 0 Å². The van der Waals surface area contributed by atoms with E-state index in [1.54, 1.807) is 0 Å². The molecule has 1 rings (SSSR count). The molecular weight excluding hydrogens is 212 g/mol. The Balaban J connectivity index is 2.48. The number of hydrogen-bond acceptors (Lipinski definition) is 0. The number of benzene rings is 1. The topological polar surface area (TPSA) is 0 Å². The fraction of sp³-hybridized carbons (Fsp3) is 0.364. The molecule has 0 saturated heterocycles. The zero-order valence-electron chi connectivity index (χ0n) is 7.17. The minimum absolute atomic E-state index is 0.448. The normalized spacial score (nSPS) is 12.8. The predicted octanol–water partition coefficient (Wildman–Crippen LogP) is 3.78. The van der Waals surface area contributed by atoms with E-state index in [0.717, 1.165) is 11.8 Å². The van der Waals surface area contributed by atoms with Gasteiger partial charge in [-0.25, -0.2) is 0 Å². The molecule has 1 aromatic rings. The number of halogens is 1. The lowest BCUT2D eigenvalue weighted by molar-refractivity contribution is 0.722. The van der Waals surface area contributed by atoms with E-state index in [-0.39, 0.29) is 0 Å². The molecule has 0 spiro atoms. The highest BCUT2D eigenvalue weighted by atomic mass is 79.9.